The number of ether oxygens (including phenoxy) is 2. The third kappa shape index (κ3) is 9.69. The Bertz CT molecular complexity index is 2050. The van der Waals surface area contributed by atoms with Crippen LogP contribution < -0.4 is 10.6 Å². The van der Waals surface area contributed by atoms with Gasteiger partial charge in [0.05, 0.1) is 0 Å². The van der Waals surface area contributed by atoms with Crippen molar-refractivity contribution in [1.29, 1.82) is 0 Å². The topological polar surface area (TPSA) is 192 Å². The molecule has 4 N–H and O–H groups in total. The normalized spacial score (nSPS) is 19.1. The average Bonchev–Trinajstić information content (AvgIpc) is 3.25. The fraction of sp³-hybridized carbons (Fsp3) is 0.364. The molecule has 0 bridgehead atoms. The van der Waals surface area contributed by atoms with Crippen LogP contribution in [0.25, 0.3) is 11.1 Å². The Morgan fingerprint density at radius 1 is 0.655 bits per heavy atom. The number of fused-ring (bicyclic) bond motifs is 2. The molecule has 58 heavy (non-hydrogen) atoms. The number of hydrogen-bond donors (Lipinski definition) is 4. The van der Waals surface area contributed by atoms with Gasteiger partial charge in [0, 0.05) is 79.7 Å². The molecule has 2 fully saturated rings. The van der Waals surface area contributed by atoms with E-state index in [1.807, 2.05) is 26.0 Å². The molecule has 14 nitrogen and oxygen atoms in total. The number of benzene rings is 3. The first kappa shape index (κ1) is 43.0. The molecule has 0 aromatic heterocycles. The monoisotopic (exact) mass is 794 g/mol. The van der Waals surface area contributed by atoms with Crippen LogP contribution in [0.5, 0.6) is 0 Å². The first-order valence-electron chi connectivity index (χ1n) is 19.5. The van der Waals surface area contributed by atoms with Gasteiger partial charge >= 0.3 is 11.9 Å². The Balaban J connectivity index is 0.000000217. The molecule has 2 unspecified atom stereocenters. The minimum atomic E-state index is -0.988. The van der Waals surface area contributed by atoms with Crippen LogP contribution in [0.15, 0.2) is 86.0 Å². The Morgan fingerprint density at radius 3 is 1.62 bits per heavy atom. The summed E-state index contributed by atoms with van der Waals surface area (Å²) in [6.07, 6.45) is 5.16. The molecule has 4 aliphatic heterocycles. The van der Waals surface area contributed by atoms with Crippen LogP contribution in [-0.4, -0.2) is 107 Å². The summed E-state index contributed by atoms with van der Waals surface area (Å²) >= 11 is 0. The van der Waals surface area contributed by atoms with Gasteiger partial charge in [0.15, 0.2) is 0 Å². The van der Waals surface area contributed by atoms with Gasteiger partial charge in [-0.25, -0.2) is 0 Å². The fourth-order valence-electron chi connectivity index (χ4n) is 7.67. The molecule has 4 heterocycles. The third-order valence-electron chi connectivity index (χ3n) is 10.6. The van der Waals surface area contributed by atoms with Gasteiger partial charge in [0.1, 0.15) is 11.8 Å². The first-order valence-corrected chi connectivity index (χ1v) is 19.5. The lowest BCUT2D eigenvalue weighted by Gasteiger charge is -2.39. The van der Waals surface area contributed by atoms with Crippen LogP contribution in [0.4, 0.5) is 11.4 Å². The van der Waals surface area contributed by atoms with E-state index in [0.717, 1.165) is 17.2 Å². The summed E-state index contributed by atoms with van der Waals surface area (Å²) in [5.74, 6) is -4.62. The van der Waals surface area contributed by atoms with Crippen molar-refractivity contribution in [2.45, 2.75) is 63.5 Å². The van der Waals surface area contributed by atoms with Crippen LogP contribution in [0.2, 0.25) is 0 Å². The van der Waals surface area contributed by atoms with E-state index in [9.17, 15) is 39.0 Å². The molecule has 4 aliphatic rings. The Labute approximate surface area is 337 Å². The number of para-hydroxylation sites is 1. The first-order chi connectivity index (χ1) is 28.0. The van der Waals surface area contributed by atoms with Crippen LogP contribution in [0, 0.1) is 0 Å². The van der Waals surface area contributed by atoms with Gasteiger partial charge in [-0.3, -0.25) is 28.8 Å². The summed E-state index contributed by atoms with van der Waals surface area (Å²) in [7, 11) is 0. The van der Waals surface area contributed by atoms with Crippen molar-refractivity contribution >= 4 is 46.9 Å². The largest absolute Gasteiger partial charge is 0.481 e. The van der Waals surface area contributed by atoms with Crippen molar-refractivity contribution in [2.24, 2.45) is 0 Å². The van der Waals surface area contributed by atoms with Crippen molar-refractivity contribution in [3.05, 3.63) is 108 Å². The number of amides is 4. The van der Waals surface area contributed by atoms with E-state index in [4.69, 9.17) is 9.47 Å². The Morgan fingerprint density at radius 2 is 1.12 bits per heavy atom. The number of nitrogens with one attached hydrogen (secondary N) is 2. The summed E-state index contributed by atoms with van der Waals surface area (Å²) < 4.78 is 10.7. The van der Waals surface area contributed by atoms with Gasteiger partial charge in [0.25, 0.3) is 11.8 Å². The third-order valence-corrected chi connectivity index (χ3v) is 10.6. The Hall–Kier alpha value is -6.12. The van der Waals surface area contributed by atoms with Crippen LogP contribution >= 0.6 is 0 Å². The quantitative estimate of drug-likeness (QED) is 0.189. The number of nitrogens with zero attached hydrogens (tertiary/aromatic N) is 2. The molecule has 0 radical (unpaired) electrons. The lowest BCUT2D eigenvalue weighted by molar-refractivity contribution is -0.140. The maximum Gasteiger partial charge on any atom is 0.312 e. The molecule has 0 spiro atoms. The van der Waals surface area contributed by atoms with E-state index in [0.29, 0.717) is 85.7 Å². The number of carboxylic acid groups (broad SMARTS) is 2. The highest BCUT2D eigenvalue weighted by Crippen LogP contribution is 2.37. The maximum absolute atomic E-state index is 13.2. The highest BCUT2D eigenvalue weighted by Gasteiger charge is 2.40. The number of hydrogen-bond acceptors (Lipinski definition) is 8. The van der Waals surface area contributed by atoms with E-state index in [1.54, 1.807) is 58.3 Å². The lowest BCUT2D eigenvalue weighted by Crippen LogP contribution is -2.49. The number of carbonyl (C=O) groups excluding carboxylic acids is 4. The van der Waals surface area contributed by atoms with E-state index in [1.165, 1.54) is 6.08 Å². The zero-order valence-corrected chi connectivity index (χ0v) is 32.8. The lowest BCUT2D eigenvalue weighted by atomic mass is 9.85. The van der Waals surface area contributed by atoms with Crippen molar-refractivity contribution in [3.63, 3.8) is 0 Å². The maximum atomic E-state index is 13.2. The van der Waals surface area contributed by atoms with Crippen molar-refractivity contribution < 1.29 is 48.5 Å². The van der Waals surface area contributed by atoms with E-state index in [2.05, 4.69) is 23.8 Å². The molecule has 3 aromatic rings. The van der Waals surface area contributed by atoms with Crippen molar-refractivity contribution in [2.75, 3.05) is 50.2 Å². The van der Waals surface area contributed by atoms with E-state index in [-0.39, 0.29) is 42.9 Å². The number of carbonyl (C=O) groups is 6. The smallest absolute Gasteiger partial charge is 0.312 e. The molecule has 0 saturated carbocycles. The highest BCUT2D eigenvalue weighted by molar-refractivity contribution is 6.04. The number of rotatable bonds is 9. The zero-order valence-electron chi connectivity index (χ0n) is 32.8. The molecule has 7 rings (SSSR count). The standard InChI is InChI=1S/C24H24N2O5.C18H20N2O5.C2H6/c1-2-22(27)25-21-6-4-3-5-17(21)15-7-8-18-19(13-15)20(24(29)30)14-26(23(18)28)16-9-11-31-12-10-16;1-2-16(21)19-11-3-4-13-14(9-11)15(18(23)24)10-20(17(13)22)12-5-7-25-8-6-12;1-2/h2-8,13,16,20H,1,9-12,14H2,(H,25,27)(H,29,30);2-4,9,12,15H,1,5-8,10H2,(H,19,21)(H,23,24);1-2H3. The zero-order chi connectivity index (χ0) is 41.9. The van der Waals surface area contributed by atoms with Gasteiger partial charge in [-0.1, -0.05) is 51.3 Å². The van der Waals surface area contributed by atoms with Gasteiger partial charge in [-0.15, -0.1) is 0 Å². The SMILES string of the molecule is C=CC(=O)Nc1ccc2c(c1)C(C(=O)O)CN(C1CCOCC1)C2=O.C=CC(=O)Nc1ccccc1-c1ccc2c(c1)C(C(=O)O)CN(C1CCOCC1)C2=O.CC. The second kappa shape index (κ2) is 19.8. The van der Waals surface area contributed by atoms with Crippen molar-refractivity contribution in [3.8, 4) is 11.1 Å². The van der Waals surface area contributed by atoms with Gasteiger partial charge < -0.3 is 40.1 Å². The average molecular weight is 795 g/mol. The molecule has 2 atom stereocenters. The number of aliphatic carboxylic acids is 2. The second-order valence-electron chi connectivity index (χ2n) is 13.9. The molecule has 4 amide bonds. The minimum absolute atomic E-state index is 0.00334. The molecule has 3 aromatic carbocycles. The summed E-state index contributed by atoms with van der Waals surface area (Å²) in [5, 5.41) is 24.9. The molecule has 14 heteroatoms. The van der Waals surface area contributed by atoms with Crippen LogP contribution in [-0.2, 0) is 28.7 Å². The molecule has 306 valence electrons. The molecule has 0 aliphatic carbocycles. The van der Waals surface area contributed by atoms with Crippen LogP contribution in [0.3, 0.4) is 0 Å². The Kier molecular flexibility index (Phi) is 14.7. The fourth-order valence-corrected chi connectivity index (χ4v) is 7.67. The van der Waals surface area contributed by atoms with Gasteiger partial charge in [-0.2, -0.15) is 0 Å². The molecular weight excluding hydrogens is 745 g/mol. The van der Waals surface area contributed by atoms with E-state index < -0.39 is 29.7 Å². The number of anilines is 2. The highest BCUT2D eigenvalue weighted by atomic mass is 16.5. The van der Waals surface area contributed by atoms with Crippen LogP contribution in [0.1, 0.15) is 83.2 Å². The summed E-state index contributed by atoms with van der Waals surface area (Å²) in [5.41, 5.74) is 4.24. The summed E-state index contributed by atoms with van der Waals surface area (Å²) in [4.78, 5) is 76.6. The molecular formula is C44H50N4O10. The minimum Gasteiger partial charge on any atom is -0.481 e. The summed E-state index contributed by atoms with van der Waals surface area (Å²) in [6, 6.07) is 17.2. The predicted octanol–water partition coefficient (Wildman–Crippen LogP) is 5.92. The second-order valence-corrected chi connectivity index (χ2v) is 13.9. The van der Waals surface area contributed by atoms with E-state index >= 15 is 0 Å². The predicted molar refractivity (Wildman–Crippen MR) is 218 cm³/mol. The summed E-state index contributed by atoms with van der Waals surface area (Å²) in [6.45, 7) is 13.4. The van der Waals surface area contributed by atoms with Gasteiger partial charge in [0.2, 0.25) is 11.8 Å². The van der Waals surface area contributed by atoms with Gasteiger partial charge in [-0.05, 0) is 90.9 Å². The number of carboxylic acids is 2. The van der Waals surface area contributed by atoms with Crippen molar-refractivity contribution in [1.82, 2.24) is 9.80 Å². The molecule has 2 saturated heterocycles.